The highest BCUT2D eigenvalue weighted by Gasteiger charge is 2.28. The summed E-state index contributed by atoms with van der Waals surface area (Å²) >= 11 is 0. The third kappa shape index (κ3) is 7.01. The number of urea groups is 1. The Kier molecular flexibility index (Phi) is 8.31. The highest BCUT2D eigenvalue weighted by Crippen LogP contribution is 2.19. The lowest BCUT2D eigenvalue weighted by Gasteiger charge is -2.32. The van der Waals surface area contributed by atoms with Crippen molar-refractivity contribution in [1.29, 1.82) is 0 Å². The minimum atomic E-state index is -0.146. The van der Waals surface area contributed by atoms with Gasteiger partial charge in [-0.15, -0.1) is 0 Å². The standard InChI is InChI=1S/C22H35N5O2/c1-25-14-16-26(17-15-25)12-6-5-11-23-22(29)27-13-7-8-19(18-27)21(28)24-20-9-3-2-4-10-20/h2-4,9-10,19H,5-8,11-18H2,1H3,(H,23,29)(H,24,28). The summed E-state index contributed by atoms with van der Waals surface area (Å²) in [7, 11) is 2.17. The SMILES string of the molecule is CN1CCN(CCCCNC(=O)N2CCCC(C(=O)Nc3ccccc3)C2)CC1. The molecule has 3 rings (SSSR count). The molecule has 1 atom stereocenters. The Balaban J connectivity index is 1.32. The molecule has 1 aromatic carbocycles. The number of piperidine rings is 1. The van der Waals surface area contributed by atoms with E-state index in [-0.39, 0.29) is 17.9 Å². The van der Waals surface area contributed by atoms with Crippen molar-refractivity contribution in [1.82, 2.24) is 20.0 Å². The largest absolute Gasteiger partial charge is 0.338 e. The quantitative estimate of drug-likeness (QED) is 0.687. The first kappa shape index (κ1) is 21.6. The van der Waals surface area contributed by atoms with Crippen LogP contribution in [0.25, 0.3) is 0 Å². The minimum absolute atomic E-state index is 0.000812. The molecule has 2 saturated heterocycles. The third-order valence-electron chi connectivity index (χ3n) is 5.89. The molecule has 7 heteroatoms. The van der Waals surface area contributed by atoms with E-state index in [9.17, 15) is 9.59 Å². The molecule has 1 unspecified atom stereocenters. The first-order valence-electron chi connectivity index (χ1n) is 10.9. The number of hydrogen-bond acceptors (Lipinski definition) is 4. The van der Waals surface area contributed by atoms with Gasteiger partial charge in [0.2, 0.25) is 5.91 Å². The molecule has 160 valence electrons. The van der Waals surface area contributed by atoms with Crippen LogP contribution in [0.1, 0.15) is 25.7 Å². The second-order valence-corrected chi connectivity index (χ2v) is 8.22. The summed E-state index contributed by atoms with van der Waals surface area (Å²) < 4.78 is 0. The molecule has 0 aromatic heterocycles. The summed E-state index contributed by atoms with van der Waals surface area (Å²) in [5, 5.41) is 5.99. The van der Waals surface area contributed by atoms with Gasteiger partial charge in [-0.05, 0) is 51.4 Å². The van der Waals surface area contributed by atoms with Crippen molar-refractivity contribution in [3.63, 3.8) is 0 Å². The summed E-state index contributed by atoms with van der Waals surface area (Å²) in [5.74, 6) is -0.146. The van der Waals surface area contributed by atoms with Crippen molar-refractivity contribution >= 4 is 17.6 Å². The number of nitrogens with zero attached hydrogens (tertiary/aromatic N) is 3. The van der Waals surface area contributed by atoms with Gasteiger partial charge in [-0.25, -0.2) is 4.79 Å². The van der Waals surface area contributed by atoms with Crippen LogP contribution in [0.4, 0.5) is 10.5 Å². The van der Waals surface area contributed by atoms with Crippen LogP contribution in [0, 0.1) is 5.92 Å². The Bertz CT molecular complexity index is 646. The lowest BCUT2D eigenvalue weighted by Crippen LogP contribution is -2.48. The van der Waals surface area contributed by atoms with Crippen LogP contribution in [-0.2, 0) is 4.79 Å². The van der Waals surface area contributed by atoms with Crippen LogP contribution >= 0.6 is 0 Å². The zero-order valence-electron chi connectivity index (χ0n) is 17.6. The number of rotatable bonds is 7. The predicted molar refractivity (Wildman–Crippen MR) is 116 cm³/mol. The van der Waals surface area contributed by atoms with E-state index in [2.05, 4.69) is 27.5 Å². The van der Waals surface area contributed by atoms with Crippen molar-refractivity contribution in [3.05, 3.63) is 30.3 Å². The van der Waals surface area contributed by atoms with Gasteiger partial charge < -0.3 is 25.3 Å². The molecular weight excluding hydrogens is 366 g/mol. The molecule has 7 nitrogen and oxygen atoms in total. The molecule has 2 aliphatic rings. The van der Waals surface area contributed by atoms with Gasteiger partial charge in [0.1, 0.15) is 0 Å². The fourth-order valence-corrected chi connectivity index (χ4v) is 3.98. The molecule has 1 aromatic rings. The monoisotopic (exact) mass is 401 g/mol. The molecule has 2 N–H and O–H groups in total. The average molecular weight is 402 g/mol. The van der Waals surface area contributed by atoms with E-state index in [4.69, 9.17) is 0 Å². The van der Waals surface area contributed by atoms with Crippen LogP contribution in [0.5, 0.6) is 0 Å². The number of nitrogens with one attached hydrogen (secondary N) is 2. The van der Waals surface area contributed by atoms with Gasteiger partial charge in [-0.2, -0.15) is 0 Å². The lowest BCUT2D eigenvalue weighted by molar-refractivity contribution is -0.121. The number of anilines is 1. The maximum Gasteiger partial charge on any atom is 0.317 e. The molecule has 3 amide bonds. The maximum atomic E-state index is 12.5. The molecule has 0 spiro atoms. The molecular formula is C22H35N5O2. The number of unbranched alkanes of at least 4 members (excludes halogenated alkanes) is 1. The zero-order valence-corrected chi connectivity index (χ0v) is 17.6. The Morgan fingerprint density at radius 3 is 2.55 bits per heavy atom. The summed E-state index contributed by atoms with van der Waals surface area (Å²) in [6.45, 7) is 7.59. The van der Waals surface area contributed by atoms with Gasteiger partial charge in [-0.3, -0.25) is 4.79 Å². The van der Waals surface area contributed by atoms with Crippen LogP contribution < -0.4 is 10.6 Å². The van der Waals surface area contributed by atoms with Crippen molar-refractivity contribution in [2.75, 3.05) is 64.7 Å². The van der Waals surface area contributed by atoms with Gasteiger partial charge in [0.25, 0.3) is 0 Å². The van der Waals surface area contributed by atoms with Crippen LogP contribution in [-0.4, -0.2) is 86.0 Å². The molecule has 2 heterocycles. The van der Waals surface area contributed by atoms with Crippen LogP contribution in [0.2, 0.25) is 0 Å². The fourth-order valence-electron chi connectivity index (χ4n) is 3.98. The number of piperazine rings is 1. The number of benzene rings is 1. The van der Waals surface area contributed by atoms with Gasteiger partial charge in [0.05, 0.1) is 5.92 Å². The van der Waals surface area contributed by atoms with E-state index < -0.39 is 0 Å². The number of likely N-dealkylation sites (N-methyl/N-ethyl adjacent to an activating group) is 1. The summed E-state index contributed by atoms with van der Waals surface area (Å²) in [4.78, 5) is 31.7. The van der Waals surface area contributed by atoms with Gasteiger partial charge in [0.15, 0.2) is 0 Å². The Morgan fingerprint density at radius 1 is 1.03 bits per heavy atom. The highest BCUT2D eigenvalue weighted by atomic mass is 16.2. The van der Waals surface area contributed by atoms with Gasteiger partial charge in [0, 0.05) is 51.5 Å². The normalized spacial score (nSPS) is 21.0. The van der Waals surface area contributed by atoms with E-state index in [1.807, 2.05) is 30.3 Å². The highest BCUT2D eigenvalue weighted by molar-refractivity contribution is 5.93. The number of likely N-dealkylation sites (tertiary alicyclic amines) is 1. The van der Waals surface area contributed by atoms with Crippen molar-refractivity contribution in [2.45, 2.75) is 25.7 Å². The van der Waals surface area contributed by atoms with Crippen molar-refractivity contribution < 1.29 is 9.59 Å². The van der Waals surface area contributed by atoms with E-state index in [1.54, 1.807) is 4.90 Å². The predicted octanol–water partition coefficient (Wildman–Crippen LogP) is 2.07. The summed E-state index contributed by atoms with van der Waals surface area (Å²) in [6.07, 6.45) is 3.78. The molecule has 0 saturated carbocycles. The number of amides is 3. The van der Waals surface area contributed by atoms with Gasteiger partial charge >= 0.3 is 6.03 Å². The van der Waals surface area contributed by atoms with E-state index in [1.165, 1.54) is 0 Å². The molecule has 0 aliphatic carbocycles. The van der Waals surface area contributed by atoms with E-state index in [0.29, 0.717) is 13.1 Å². The molecule has 0 radical (unpaired) electrons. The molecule has 2 aliphatic heterocycles. The van der Waals surface area contributed by atoms with Crippen LogP contribution in [0.15, 0.2) is 30.3 Å². The smallest absolute Gasteiger partial charge is 0.317 e. The number of hydrogen-bond donors (Lipinski definition) is 2. The minimum Gasteiger partial charge on any atom is -0.338 e. The lowest BCUT2D eigenvalue weighted by atomic mass is 9.97. The summed E-state index contributed by atoms with van der Waals surface area (Å²) in [5.41, 5.74) is 0.805. The maximum absolute atomic E-state index is 12.5. The number of carbonyl (C=O) groups excluding carboxylic acids is 2. The third-order valence-corrected chi connectivity index (χ3v) is 5.89. The van der Waals surface area contributed by atoms with Crippen molar-refractivity contribution in [2.24, 2.45) is 5.92 Å². The number of carbonyl (C=O) groups is 2. The van der Waals surface area contributed by atoms with Crippen LogP contribution in [0.3, 0.4) is 0 Å². The fraction of sp³-hybridized carbons (Fsp3) is 0.636. The first-order chi connectivity index (χ1) is 14.1. The summed E-state index contributed by atoms with van der Waals surface area (Å²) in [6, 6.07) is 9.45. The van der Waals surface area contributed by atoms with Gasteiger partial charge in [-0.1, -0.05) is 18.2 Å². The van der Waals surface area contributed by atoms with E-state index in [0.717, 1.165) is 70.6 Å². The molecule has 29 heavy (non-hydrogen) atoms. The van der Waals surface area contributed by atoms with Crippen molar-refractivity contribution in [3.8, 4) is 0 Å². The Morgan fingerprint density at radius 2 is 1.79 bits per heavy atom. The Hall–Kier alpha value is -2.12. The zero-order chi connectivity index (χ0) is 20.5. The topological polar surface area (TPSA) is 67.9 Å². The van der Waals surface area contributed by atoms with E-state index >= 15 is 0 Å². The Labute approximate surface area is 174 Å². The average Bonchev–Trinajstić information content (AvgIpc) is 2.75. The molecule has 2 fully saturated rings. The molecule has 0 bridgehead atoms. The second kappa shape index (κ2) is 11.2. The first-order valence-corrected chi connectivity index (χ1v) is 10.9. The second-order valence-electron chi connectivity index (χ2n) is 8.22. The number of para-hydroxylation sites is 1.